The molecular weight excluding hydrogens is 262 g/mol. The summed E-state index contributed by atoms with van der Waals surface area (Å²) in [5.74, 6) is 0.253. The van der Waals surface area contributed by atoms with Gasteiger partial charge in [-0.05, 0) is 24.3 Å². The van der Waals surface area contributed by atoms with Crippen LogP contribution in [0.1, 0.15) is 16.1 Å². The van der Waals surface area contributed by atoms with E-state index < -0.39 is 0 Å². The largest absolute Gasteiger partial charge is 0.465 e. The number of nitrogen functional groups attached to an aromatic ring is 1. The monoisotopic (exact) mass is 275 g/mol. The lowest BCUT2D eigenvalue weighted by Crippen LogP contribution is -2.02. The molecule has 0 radical (unpaired) electrons. The van der Waals surface area contributed by atoms with Gasteiger partial charge in [-0.2, -0.15) is 0 Å². The first-order chi connectivity index (χ1) is 9.20. The molecule has 0 aliphatic rings. The molecule has 0 atom stereocenters. The third-order valence-corrected chi connectivity index (χ3v) is 3.46. The molecular formula is C13H13N3O2S. The van der Waals surface area contributed by atoms with Crippen LogP contribution in [0.3, 0.4) is 0 Å². The van der Waals surface area contributed by atoms with E-state index in [2.05, 4.69) is 14.7 Å². The predicted molar refractivity (Wildman–Crippen MR) is 73.8 cm³/mol. The summed E-state index contributed by atoms with van der Waals surface area (Å²) in [6.45, 7) is 0. The molecule has 19 heavy (non-hydrogen) atoms. The molecule has 0 saturated carbocycles. The van der Waals surface area contributed by atoms with Crippen molar-refractivity contribution in [2.75, 3.05) is 12.8 Å². The van der Waals surface area contributed by atoms with Crippen LogP contribution in [0, 0.1) is 0 Å². The van der Waals surface area contributed by atoms with Crippen molar-refractivity contribution in [3.8, 4) is 0 Å². The van der Waals surface area contributed by atoms with Crippen LogP contribution in [-0.2, 0) is 10.5 Å². The molecule has 0 amide bonds. The van der Waals surface area contributed by atoms with Crippen molar-refractivity contribution in [3.05, 3.63) is 47.9 Å². The van der Waals surface area contributed by atoms with E-state index in [0.29, 0.717) is 17.0 Å². The molecule has 2 aromatic rings. The van der Waals surface area contributed by atoms with Crippen LogP contribution in [-0.4, -0.2) is 23.0 Å². The summed E-state index contributed by atoms with van der Waals surface area (Å²) in [7, 11) is 1.34. The Balaban J connectivity index is 2.01. The fraction of sp³-hybridized carbons (Fsp3) is 0.154. The fourth-order valence-corrected chi connectivity index (χ4v) is 2.24. The number of nitrogens with two attached hydrogens (primary N) is 1. The van der Waals surface area contributed by atoms with Crippen LogP contribution in [0.25, 0.3) is 0 Å². The lowest BCUT2D eigenvalue weighted by Gasteiger charge is -2.04. The molecule has 2 N–H and O–H groups in total. The second-order valence-corrected chi connectivity index (χ2v) is 4.68. The number of rotatable bonds is 4. The van der Waals surface area contributed by atoms with Crippen molar-refractivity contribution in [2.45, 2.75) is 10.8 Å². The highest BCUT2D eigenvalue weighted by molar-refractivity contribution is 7.98. The third kappa shape index (κ3) is 3.45. The van der Waals surface area contributed by atoms with E-state index >= 15 is 0 Å². The molecule has 0 aliphatic carbocycles. The van der Waals surface area contributed by atoms with Crippen molar-refractivity contribution >= 4 is 23.4 Å². The topological polar surface area (TPSA) is 78.1 Å². The summed E-state index contributed by atoms with van der Waals surface area (Å²) in [6, 6.07) is 7.08. The van der Waals surface area contributed by atoms with Gasteiger partial charge in [0.2, 0.25) is 0 Å². The maximum Gasteiger partial charge on any atom is 0.339 e. The molecule has 0 aliphatic heterocycles. The summed E-state index contributed by atoms with van der Waals surface area (Å²) in [6.07, 6.45) is 3.20. The normalized spacial score (nSPS) is 10.2. The van der Waals surface area contributed by atoms with Gasteiger partial charge in [-0.1, -0.05) is 11.8 Å². The smallest absolute Gasteiger partial charge is 0.339 e. The third-order valence-electron chi connectivity index (χ3n) is 2.40. The Hall–Kier alpha value is -2.08. The second-order valence-electron chi connectivity index (χ2n) is 3.72. The number of carbonyl (C=O) groups is 1. The maximum absolute atomic E-state index is 11.3. The highest BCUT2D eigenvalue weighted by atomic mass is 32.2. The SMILES string of the molecule is COC(=O)c1ccc(CSc2ncccc2N)nc1. The van der Waals surface area contributed by atoms with Gasteiger partial charge in [-0.3, -0.25) is 4.98 Å². The minimum atomic E-state index is -0.388. The summed E-state index contributed by atoms with van der Waals surface area (Å²) >= 11 is 1.51. The van der Waals surface area contributed by atoms with Crippen molar-refractivity contribution in [3.63, 3.8) is 0 Å². The first-order valence-corrected chi connectivity index (χ1v) is 6.56. The minimum absolute atomic E-state index is 0.388. The Bertz CT molecular complexity index is 572. The molecule has 0 saturated heterocycles. The van der Waals surface area contributed by atoms with Crippen LogP contribution < -0.4 is 5.73 Å². The first kappa shape index (κ1) is 13.4. The number of esters is 1. The molecule has 5 nitrogen and oxygen atoms in total. The van der Waals surface area contributed by atoms with Crippen LogP contribution in [0.4, 0.5) is 5.69 Å². The van der Waals surface area contributed by atoms with E-state index in [1.807, 2.05) is 6.07 Å². The van der Waals surface area contributed by atoms with E-state index in [0.717, 1.165) is 10.7 Å². The number of anilines is 1. The van der Waals surface area contributed by atoms with Crippen LogP contribution >= 0.6 is 11.8 Å². The Morgan fingerprint density at radius 1 is 1.37 bits per heavy atom. The molecule has 0 unspecified atom stereocenters. The van der Waals surface area contributed by atoms with E-state index in [4.69, 9.17) is 5.73 Å². The molecule has 0 fully saturated rings. The number of hydrogen-bond acceptors (Lipinski definition) is 6. The maximum atomic E-state index is 11.3. The van der Waals surface area contributed by atoms with Gasteiger partial charge in [-0.25, -0.2) is 9.78 Å². The van der Waals surface area contributed by atoms with Crippen LogP contribution in [0.2, 0.25) is 0 Å². The van der Waals surface area contributed by atoms with Gasteiger partial charge in [0.15, 0.2) is 0 Å². The second kappa shape index (κ2) is 6.19. The van der Waals surface area contributed by atoms with Gasteiger partial charge in [0.25, 0.3) is 0 Å². The van der Waals surface area contributed by atoms with E-state index in [1.54, 1.807) is 24.4 Å². The number of carbonyl (C=O) groups excluding carboxylic acids is 1. The average Bonchev–Trinajstić information content (AvgIpc) is 2.46. The van der Waals surface area contributed by atoms with Crippen molar-refractivity contribution in [1.29, 1.82) is 0 Å². The molecule has 0 spiro atoms. The zero-order valence-corrected chi connectivity index (χ0v) is 11.2. The van der Waals surface area contributed by atoms with Crippen LogP contribution in [0.5, 0.6) is 0 Å². The molecule has 98 valence electrons. The summed E-state index contributed by atoms with van der Waals surface area (Å²) in [4.78, 5) is 19.6. The van der Waals surface area contributed by atoms with Crippen molar-refractivity contribution < 1.29 is 9.53 Å². The number of pyridine rings is 2. The summed E-state index contributed by atoms with van der Waals surface area (Å²) < 4.78 is 4.61. The number of nitrogens with zero attached hydrogens (tertiary/aromatic N) is 2. The predicted octanol–water partition coefficient (Wildman–Crippen LogP) is 2.14. The zero-order chi connectivity index (χ0) is 13.7. The Kier molecular flexibility index (Phi) is 4.35. The first-order valence-electron chi connectivity index (χ1n) is 5.57. The Morgan fingerprint density at radius 3 is 2.84 bits per heavy atom. The van der Waals surface area contributed by atoms with E-state index in [-0.39, 0.29) is 5.97 Å². The van der Waals surface area contributed by atoms with Crippen molar-refractivity contribution in [2.24, 2.45) is 0 Å². The van der Waals surface area contributed by atoms with Gasteiger partial charge in [-0.15, -0.1) is 0 Å². The highest BCUT2D eigenvalue weighted by Gasteiger charge is 2.06. The molecule has 2 heterocycles. The summed E-state index contributed by atoms with van der Waals surface area (Å²) in [5.41, 5.74) is 7.74. The van der Waals surface area contributed by atoms with Crippen molar-refractivity contribution in [1.82, 2.24) is 9.97 Å². The zero-order valence-electron chi connectivity index (χ0n) is 10.4. The lowest BCUT2D eigenvalue weighted by atomic mass is 10.2. The number of ether oxygens (including phenoxy) is 1. The number of thioether (sulfide) groups is 1. The Labute approximate surface area is 115 Å². The fourth-order valence-electron chi connectivity index (χ4n) is 1.41. The number of aromatic nitrogens is 2. The molecule has 0 aromatic carbocycles. The Morgan fingerprint density at radius 2 is 2.21 bits per heavy atom. The molecule has 2 aromatic heterocycles. The standard InChI is InChI=1S/C13H13N3O2S/c1-18-13(17)9-4-5-10(16-7-9)8-19-12-11(14)3-2-6-15-12/h2-7H,8,14H2,1H3. The highest BCUT2D eigenvalue weighted by Crippen LogP contribution is 2.24. The van der Waals surface area contributed by atoms with Gasteiger partial charge in [0.1, 0.15) is 5.03 Å². The van der Waals surface area contributed by atoms with Gasteiger partial charge in [0, 0.05) is 18.1 Å². The number of methoxy groups -OCH3 is 1. The van der Waals surface area contributed by atoms with Gasteiger partial charge >= 0.3 is 5.97 Å². The lowest BCUT2D eigenvalue weighted by molar-refractivity contribution is 0.0600. The average molecular weight is 275 g/mol. The van der Waals surface area contributed by atoms with Gasteiger partial charge in [0.05, 0.1) is 24.1 Å². The summed E-state index contributed by atoms with van der Waals surface area (Å²) in [5, 5.41) is 0.779. The minimum Gasteiger partial charge on any atom is -0.465 e. The van der Waals surface area contributed by atoms with Gasteiger partial charge < -0.3 is 10.5 Å². The van der Waals surface area contributed by atoms with Crippen LogP contribution in [0.15, 0.2) is 41.7 Å². The number of hydrogen-bond donors (Lipinski definition) is 1. The quantitative estimate of drug-likeness (QED) is 0.680. The molecule has 6 heteroatoms. The molecule has 2 rings (SSSR count). The van der Waals surface area contributed by atoms with E-state index in [9.17, 15) is 4.79 Å². The molecule has 0 bridgehead atoms. The van der Waals surface area contributed by atoms with E-state index in [1.165, 1.54) is 25.1 Å².